The van der Waals surface area contributed by atoms with Crippen LogP contribution in [0.5, 0.6) is 5.75 Å². The standard InChI is InChI=1S/C22H24F3N7O2/c1-12-10-32(11-13(2)33-12)22-27-9-17(23)20(29-22)28-18-8-16(19(26-3)31-30-18)14-4-6-15(7-5-14)34-21(24)25/h4-9,12-13,21H,10-11H2,1-3H3,(H,26,31)(H,27,28,29,30)/t12-,13+. The summed E-state index contributed by atoms with van der Waals surface area (Å²) in [7, 11) is 1.68. The summed E-state index contributed by atoms with van der Waals surface area (Å²) in [5, 5.41) is 14.0. The van der Waals surface area contributed by atoms with Crippen molar-refractivity contribution in [2.24, 2.45) is 0 Å². The molecule has 34 heavy (non-hydrogen) atoms. The van der Waals surface area contributed by atoms with Crippen LogP contribution in [0.2, 0.25) is 0 Å². The number of nitrogens with one attached hydrogen (secondary N) is 2. The lowest BCUT2D eigenvalue weighted by Gasteiger charge is -2.35. The lowest BCUT2D eigenvalue weighted by molar-refractivity contribution is -0.0498. The number of hydrogen-bond donors (Lipinski definition) is 2. The predicted octanol–water partition coefficient (Wildman–Crippen LogP) is 4.07. The molecule has 4 rings (SSSR count). The molecule has 0 bridgehead atoms. The molecule has 2 atom stereocenters. The molecule has 9 nitrogen and oxygen atoms in total. The number of ether oxygens (including phenoxy) is 2. The van der Waals surface area contributed by atoms with Crippen molar-refractivity contribution in [1.29, 1.82) is 0 Å². The number of halogens is 3. The molecule has 12 heteroatoms. The van der Waals surface area contributed by atoms with Crippen molar-refractivity contribution < 1.29 is 22.6 Å². The predicted molar refractivity (Wildman–Crippen MR) is 121 cm³/mol. The van der Waals surface area contributed by atoms with E-state index in [-0.39, 0.29) is 29.6 Å². The quantitative estimate of drug-likeness (QED) is 0.524. The number of rotatable bonds is 7. The van der Waals surface area contributed by atoms with E-state index in [0.29, 0.717) is 36.0 Å². The second-order valence-corrected chi connectivity index (χ2v) is 7.80. The van der Waals surface area contributed by atoms with Crippen LogP contribution >= 0.6 is 0 Å². The number of benzene rings is 1. The van der Waals surface area contributed by atoms with Crippen molar-refractivity contribution in [1.82, 2.24) is 20.2 Å². The molecule has 0 aliphatic carbocycles. The Bertz CT molecular complexity index is 1120. The summed E-state index contributed by atoms with van der Waals surface area (Å²) in [4.78, 5) is 10.4. The second kappa shape index (κ2) is 10.1. The number of morpholine rings is 1. The molecule has 0 radical (unpaired) electrons. The Hall–Kier alpha value is -3.67. The van der Waals surface area contributed by atoms with Crippen LogP contribution in [0.15, 0.2) is 36.5 Å². The average molecular weight is 475 g/mol. The molecule has 0 unspecified atom stereocenters. The van der Waals surface area contributed by atoms with Gasteiger partial charge in [-0.25, -0.2) is 9.37 Å². The zero-order chi connectivity index (χ0) is 24.2. The Morgan fingerprint density at radius 3 is 2.44 bits per heavy atom. The highest BCUT2D eigenvalue weighted by atomic mass is 19.3. The van der Waals surface area contributed by atoms with Crippen molar-refractivity contribution in [3.05, 3.63) is 42.3 Å². The Kier molecular flexibility index (Phi) is 6.96. The Morgan fingerprint density at radius 1 is 1.09 bits per heavy atom. The van der Waals surface area contributed by atoms with E-state index >= 15 is 0 Å². The van der Waals surface area contributed by atoms with Crippen molar-refractivity contribution in [2.75, 3.05) is 35.7 Å². The van der Waals surface area contributed by atoms with E-state index in [1.165, 1.54) is 12.1 Å². The van der Waals surface area contributed by atoms with E-state index in [9.17, 15) is 13.2 Å². The molecule has 1 aliphatic heterocycles. The van der Waals surface area contributed by atoms with E-state index in [1.807, 2.05) is 18.7 Å². The highest BCUT2D eigenvalue weighted by molar-refractivity contribution is 5.78. The normalized spacial score (nSPS) is 18.1. The van der Waals surface area contributed by atoms with Crippen molar-refractivity contribution in [3.63, 3.8) is 0 Å². The summed E-state index contributed by atoms with van der Waals surface area (Å²) in [6, 6.07) is 7.74. The van der Waals surface area contributed by atoms with Crippen molar-refractivity contribution >= 4 is 23.4 Å². The van der Waals surface area contributed by atoms with E-state index in [4.69, 9.17) is 4.74 Å². The van der Waals surface area contributed by atoms with Gasteiger partial charge in [-0.1, -0.05) is 12.1 Å². The molecule has 0 amide bonds. The van der Waals surface area contributed by atoms with Crippen molar-refractivity contribution in [2.45, 2.75) is 32.7 Å². The lowest BCUT2D eigenvalue weighted by Crippen LogP contribution is -2.46. The molecule has 1 fully saturated rings. The first-order chi connectivity index (χ1) is 16.3. The van der Waals surface area contributed by atoms with Gasteiger partial charge in [0.15, 0.2) is 23.3 Å². The molecule has 1 saturated heterocycles. The molecule has 180 valence electrons. The maximum absolute atomic E-state index is 14.5. The van der Waals surface area contributed by atoms with Crippen LogP contribution in [0.3, 0.4) is 0 Å². The number of aromatic nitrogens is 4. The zero-order valence-corrected chi connectivity index (χ0v) is 18.8. The van der Waals surface area contributed by atoms with E-state index in [1.54, 1.807) is 25.2 Å². The van der Waals surface area contributed by atoms with Gasteiger partial charge in [0.2, 0.25) is 5.95 Å². The van der Waals surface area contributed by atoms with Gasteiger partial charge in [-0.2, -0.15) is 13.8 Å². The average Bonchev–Trinajstić information content (AvgIpc) is 2.80. The molecule has 1 aromatic carbocycles. The van der Waals surface area contributed by atoms with E-state index in [2.05, 4.69) is 35.5 Å². The monoisotopic (exact) mass is 475 g/mol. The molecule has 2 N–H and O–H groups in total. The van der Waals surface area contributed by atoms with Gasteiger partial charge in [0.1, 0.15) is 5.75 Å². The molecular formula is C22H24F3N7O2. The van der Waals surface area contributed by atoms with Crippen molar-refractivity contribution in [3.8, 4) is 16.9 Å². The van der Waals surface area contributed by atoms with E-state index in [0.717, 1.165) is 6.20 Å². The molecule has 0 spiro atoms. The minimum absolute atomic E-state index is 0.00573. The smallest absolute Gasteiger partial charge is 0.387 e. The first-order valence-electron chi connectivity index (χ1n) is 10.6. The Labute approximate surface area is 194 Å². The van der Waals surface area contributed by atoms with Gasteiger partial charge in [-0.05, 0) is 37.6 Å². The molecule has 1 aliphatic rings. The van der Waals surface area contributed by atoms with Gasteiger partial charge >= 0.3 is 6.61 Å². The summed E-state index contributed by atoms with van der Waals surface area (Å²) in [5.41, 5.74) is 1.29. The molecule has 3 aromatic rings. The minimum atomic E-state index is -2.91. The summed E-state index contributed by atoms with van der Waals surface area (Å²) in [6.07, 6.45) is 1.09. The van der Waals surface area contributed by atoms with Gasteiger partial charge in [-0.15, -0.1) is 10.2 Å². The topological polar surface area (TPSA) is 97.3 Å². The first kappa shape index (κ1) is 23.5. The number of anilines is 4. The van der Waals surface area contributed by atoms with Crippen LogP contribution in [0.1, 0.15) is 13.8 Å². The lowest BCUT2D eigenvalue weighted by atomic mass is 10.1. The minimum Gasteiger partial charge on any atom is -0.435 e. The highest BCUT2D eigenvalue weighted by Gasteiger charge is 2.25. The molecule has 0 saturated carbocycles. The Balaban J connectivity index is 1.60. The van der Waals surface area contributed by atoms with E-state index < -0.39 is 12.4 Å². The van der Waals surface area contributed by atoms with Gasteiger partial charge in [0, 0.05) is 25.7 Å². The maximum atomic E-state index is 14.5. The van der Waals surface area contributed by atoms with Crippen LogP contribution in [-0.4, -0.2) is 59.1 Å². The third kappa shape index (κ3) is 5.45. The van der Waals surface area contributed by atoms with Crippen LogP contribution in [0, 0.1) is 5.82 Å². The third-order valence-corrected chi connectivity index (χ3v) is 5.10. The summed E-state index contributed by atoms with van der Waals surface area (Å²) in [5.74, 6) is 0.415. The number of hydrogen-bond acceptors (Lipinski definition) is 9. The number of nitrogens with zero attached hydrogens (tertiary/aromatic N) is 5. The fourth-order valence-electron chi connectivity index (χ4n) is 3.73. The fourth-order valence-corrected chi connectivity index (χ4v) is 3.73. The van der Waals surface area contributed by atoms with Gasteiger partial charge in [0.25, 0.3) is 0 Å². The SMILES string of the molecule is CNc1nnc(Nc2nc(N3C[C@@H](C)O[C@@H](C)C3)ncc2F)cc1-c1ccc(OC(F)F)cc1. The van der Waals surface area contributed by atoms with Gasteiger partial charge < -0.3 is 25.0 Å². The molecule has 2 aromatic heterocycles. The van der Waals surface area contributed by atoms with Gasteiger partial charge in [0.05, 0.1) is 18.4 Å². The second-order valence-electron chi connectivity index (χ2n) is 7.80. The van der Waals surface area contributed by atoms with Crippen LogP contribution in [0.25, 0.3) is 11.1 Å². The van der Waals surface area contributed by atoms with Crippen LogP contribution < -0.4 is 20.3 Å². The maximum Gasteiger partial charge on any atom is 0.387 e. The molecule has 3 heterocycles. The molecular weight excluding hydrogens is 451 g/mol. The third-order valence-electron chi connectivity index (χ3n) is 5.10. The largest absolute Gasteiger partial charge is 0.435 e. The highest BCUT2D eigenvalue weighted by Crippen LogP contribution is 2.30. The van der Waals surface area contributed by atoms with Gasteiger partial charge in [-0.3, -0.25) is 0 Å². The number of alkyl halides is 2. The Morgan fingerprint density at radius 2 is 1.79 bits per heavy atom. The summed E-state index contributed by atoms with van der Waals surface area (Å²) in [6.45, 7) is 2.17. The van der Waals surface area contributed by atoms with Crippen LogP contribution in [0.4, 0.5) is 36.6 Å². The zero-order valence-electron chi connectivity index (χ0n) is 18.8. The summed E-state index contributed by atoms with van der Waals surface area (Å²) < 4.78 is 49.5. The summed E-state index contributed by atoms with van der Waals surface area (Å²) >= 11 is 0. The first-order valence-corrected chi connectivity index (χ1v) is 10.6. The van der Waals surface area contributed by atoms with Crippen LogP contribution in [-0.2, 0) is 4.74 Å². The fraction of sp³-hybridized carbons (Fsp3) is 0.364.